The first kappa shape index (κ1) is 33.7. The number of esters is 1. The summed E-state index contributed by atoms with van der Waals surface area (Å²) in [6.07, 6.45) is 2.20. The van der Waals surface area contributed by atoms with Gasteiger partial charge in [0.2, 0.25) is 5.82 Å². The molecule has 17 nitrogen and oxygen atoms in total. The number of ether oxygens (including phenoxy) is 2. The molecule has 4 aromatic rings. The van der Waals surface area contributed by atoms with Crippen molar-refractivity contribution >= 4 is 37.0 Å². The number of carbonyl (C=O) groups excluding carboxylic acids is 3. The SMILES string of the molecule is [2H]C([2H])([2H])NC(=O)c1cn(COC(=O)CC(C)(C)c2c(C)cc(C)cc2OP(=O)(O)O)c(=NC(=O)C2CC2)cc1Nc1cccc(-c2nnn(C)n2)c1OC. The van der Waals surface area contributed by atoms with Gasteiger partial charge in [0.25, 0.3) is 11.8 Å². The molecule has 18 heteroatoms. The molecule has 0 aliphatic heterocycles. The van der Waals surface area contributed by atoms with Crippen molar-refractivity contribution in [3.63, 3.8) is 0 Å². The lowest BCUT2D eigenvalue weighted by Crippen LogP contribution is -2.30. The Bertz CT molecular complexity index is 2260. The van der Waals surface area contributed by atoms with Gasteiger partial charge in [-0.25, -0.2) is 4.57 Å². The summed E-state index contributed by atoms with van der Waals surface area (Å²) in [7, 11) is -1.94. The van der Waals surface area contributed by atoms with Crippen LogP contribution < -0.4 is 25.4 Å². The summed E-state index contributed by atoms with van der Waals surface area (Å²) in [6, 6.07) is 9.60. The number of nitrogens with zero attached hydrogens (tertiary/aromatic N) is 6. The molecule has 2 aromatic carbocycles. The average molecular weight is 740 g/mol. The number of phosphoric ester groups is 1. The normalized spacial score (nSPS) is 14.5. The van der Waals surface area contributed by atoms with Crippen LogP contribution in [0.15, 0.2) is 47.6 Å². The summed E-state index contributed by atoms with van der Waals surface area (Å²) in [5.74, 6) is -2.10. The third kappa shape index (κ3) is 8.91. The molecule has 0 saturated heterocycles. The fourth-order valence-electron chi connectivity index (χ4n) is 5.87. The van der Waals surface area contributed by atoms with Crippen LogP contribution in [0, 0.1) is 19.8 Å². The van der Waals surface area contributed by atoms with Gasteiger partial charge < -0.3 is 24.6 Å². The predicted molar refractivity (Wildman–Crippen MR) is 188 cm³/mol. The summed E-state index contributed by atoms with van der Waals surface area (Å²) < 4.78 is 52.3. The fourth-order valence-corrected chi connectivity index (χ4v) is 6.27. The molecule has 0 spiro atoms. The number of pyridine rings is 1. The maximum Gasteiger partial charge on any atom is 0.524 e. The Kier molecular flexibility index (Phi) is 9.78. The number of tetrazole rings is 1. The number of aryl methyl sites for hydroxylation is 3. The number of aromatic nitrogens is 5. The zero-order valence-electron chi connectivity index (χ0n) is 32.3. The maximum absolute atomic E-state index is 13.5. The van der Waals surface area contributed by atoms with Crippen molar-refractivity contribution in [3.8, 4) is 22.9 Å². The van der Waals surface area contributed by atoms with Crippen molar-refractivity contribution in [2.45, 2.75) is 59.1 Å². The average Bonchev–Trinajstić information content (AvgIpc) is 3.82. The fraction of sp³-hybridized carbons (Fsp3) is 0.382. The van der Waals surface area contributed by atoms with Gasteiger partial charge in [0.1, 0.15) is 11.2 Å². The van der Waals surface area contributed by atoms with Crippen LogP contribution in [0.1, 0.15) is 64.3 Å². The molecule has 2 amide bonds. The molecule has 0 atom stereocenters. The Morgan fingerprint density at radius 2 is 1.90 bits per heavy atom. The van der Waals surface area contributed by atoms with Crippen molar-refractivity contribution < 1.29 is 46.8 Å². The number of hydrogen-bond acceptors (Lipinski definition) is 11. The highest BCUT2D eigenvalue weighted by Gasteiger charge is 2.33. The van der Waals surface area contributed by atoms with Gasteiger partial charge in [0, 0.05) is 40.2 Å². The third-order valence-corrected chi connectivity index (χ3v) is 8.61. The molecule has 276 valence electrons. The minimum atomic E-state index is -4.95. The summed E-state index contributed by atoms with van der Waals surface area (Å²) >= 11 is 0. The Morgan fingerprint density at radius 1 is 1.15 bits per heavy atom. The number of anilines is 2. The second-order valence-electron chi connectivity index (χ2n) is 13.0. The summed E-state index contributed by atoms with van der Waals surface area (Å²) in [5.41, 5.74) is 1.18. The molecule has 1 aliphatic rings. The van der Waals surface area contributed by atoms with Crippen LogP contribution in [-0.2, 0) is 38.1 Å². The number of phosphoric acid groups is 1. The molecule has 0 radical (unpaired) electrons. The van der Waals surface area contributed by atoms with E-state index in [4.69, 9.17) is 18.1 Å². The van der Waals surface area contributed by atoms with Gasteiger partial charge in [-0.3, -0.25) is 28.7 Å². The molecule has 1 fully saturated rings. The van der Waals surface area contributed by atoms with Crippen LogP contribution in [0.25, 0.3) is 11.4 Å². The smallest absolute Gasteiger partial charge is 0.494 e. The maximum atomic E-state index is 13.5. The van der Waals surface area contributed by atoms with E-state index in [1.54, 1.807) is 59.0 Å². The van der Waals surface area contributed by atoms with Crippen molar-refractivity contribution in [3.05, 3.63) is 70.3 Å². The van der Waals surface area contributed by atoms with E-state index in [0.29, 0.717) is 40.8 Å². The molecular weight excluding hydrogens is 695 g/mol. The molecule has 0 bridgehead atoms. The molecule has 1 aliphatic carbocycles. The Balaban J connectivity index is 1.53. The van der Waals surface area contributed by atoms with E-state index < -0.39 is 44.7 Å². The lowest BCUT2D eigenvalue weighted by molar-refractivity contribution is -0.148. The Labute approximate surface area is 303 Å². The van der Waals surface area contributed by atoms with Crippen LogP contribution >= 0.6 is 7.82 Å². The molecule has 5 rings (SSSR count). The quantitative estimate of drug-likeness (QED) is 0.114. The van der Waals surface area contributed by atoms with Crippen molar-refractivity contribution in [1.82, 2.24) is 30.1 Å². The minimum Gasteiger partial charge on any atom is -0.494 e. The number of para-hydroxylation sites is 1. The third-order valence-electron chi connectivity index (χ3n) is 8.18. The minimum absolute atomic E-state index is 0.0192. The van der Waals surface area contributed by atoms with Crippen molar-refractivity contribution in [1.29, 1.82) is 0 Å². The zero-order valence-corrected chi connectivity index (χ0v) is 30.2. The number of rotatable bonds is 13. The number of carbonyl (C=O) groups is 3. The van der Waals surface area contributed by atoms with Crippen LogP contribution in [0.5, 0.6) is 11.5 Å². The highest BCUT2D eigenvalue weighted by atomic mass is 31.2. The highest BCUT2D eigenvalue weighted by molar-refractivity contribution is 7.46. The first-order valence-electron chi connectivity index (χ1n) is 17.5. The highest BCUT2D eigenvalue weighted by Crippen LogP contribution is 2.45. The van der Waals surface area contributed by atoms with Gasteiger partial charge in [-0.1, -0.05) is 26.0 Å². The summed E-state index contributed by atoms with van der Waals surface area (Å²) in [6.45, 7) is 3.38. The van der Waals surface area contributed by atoms with Gasteiger partial charge in [-0.2, -0.15) is 9.79 Å². The van der Waals surface area contributed by atoms with Crippen LogP contribution in [0.2, 0.25) is 0 Å². The standard InChI is InChI=1S/C34H41N8O9P/c1-19-13-20(2)29(26(14-19)51-52(46,47)48)34(3,4)16-28(43)50-18-42-17-23(33(45)35-5)25(15-27(42)37-32(44)21-11-12-21)36-24-10-8-9-22(30(24)49-7)31-38-40-41(6)39-31/h8-10,13-15,17,21,36H,11-12,16,18H2,1-7H3,(H,35,45)(H2,46,47,48)/i5D3. The predicted octanol–water partition coefficient (Wildman–Crippen LogP) is 3.58. The first-order valence-corrected chi connectivity index (χ1v) is 17.5. The van der Waals surface area contributed by atoms with E-state index in [0.717, 1.165) is 0 Å². The van der Waals surface area contributed by atoms with Gasteiger partial charge >= 0.3 is 13.8 Å². The number of benzene rings is 2. The van der Waals surface area contributed by atoms with Gasteiger partial charge in [0.05, 0.1) is 43.1 Å². The van der Waals surface area contributed by atoms with Gasteiger partial charge in [0.15, 0.2) is 12.5 Å². The van der Waals surface area contributed by atoms with E-state index >= 15 is 0 Å². The molecule has 0 unspecified atom stereocenters. The molecule has 2 aromatic heterocycles. The van der Waals surface area contributed by atoms with E-state index in [2.05, 4.69) is 25.7 Å². The monoisotopic (exact) mass is 739 g/mol. The molecular formula is C34H41N8O9P. The second kappa shape index (κ2) is 15.1. The van der Waals surface area contributed by atoms with E-state index in [9.17, 15) is 28.7 Å². The number of nitrogens with one attached hydrogen (secondary N) is 2. The van der Waals surface area contributed by atoms with Crippen LogP contribution in [-0.4, -0.2) is 66.4 Å². The number of methoxy groups -OCH3 is 1. The lowest BCUT2D eigenvalue weighted by Gasteiger charge is -2.29. The van der Waals surface area contributed by atoms with Crippen LogP contribution in [0.4, 0.5) is 11.4 Å². The zero-order chi connectivity index (χ0) is 40.5. The number of amides is 2. The van der Waals surface area contributed by atoms with E-state index in [1.807, 2.05) is 5.32 Å². The molecule has 4 N–H and O–H groups in total. The molecule has 1 saturated carbocycles. The van der Waals surface area contributed by atoms with E-state index in [1.165, 1.54) is 34.8 Å². The summed E-state index contributed by atoms with van der Waals surface area (Å²) in [4.78, 5) is 64.6. The van der Waals surface area contributed by atoms with Crippen LogP contribution in [0.3, 0.4) is 0 Å². The number of hydrogen-bond donors (Lipinski definition) is 4. The van der Waals surface area contributed by atoms with Gasteiger partial charge in [-0.15, -0.1) is 10.2 Å². The molecule has 2 heterocycles. The summed E-state index contributed by atoms with van der Waals surface area (Å²) in [5, 5.41) is 17.2. The van der Waals surface area contributed by atoms with Crippen molar-refractivity contribution in [2.24, 2.45) is 18.0 Å². The van der Waals surface area contributed by atoms with Crippen molar-refractivity contribution in [2.75, 3.05) is 19.4 Å². The lowest BCUT2D eigenvalue weighted by atomic mass is 9.78. The first-order chi connectivity index (χ1) is 25.6. The molecule has 52 heavy (non-hydrogen) atoms. The second-order valence-corrected chi connectivity index (χ2v) is 14.1. The topological polar surface area (TPSA) is 221 Å². The Hall–Kier alpha value is -5.38. The Morgan fingerprint density at radius 3 is 2.54 bits per heavy atom. The van der Waals surface area contributed by atoms with Gasteiger partial charge in [-0.05, 0) is 61.2 Å². The largest absolute Gasteiger partial charge is 0.524 e. The van der Waals surface area contributed by atoms with E-state index in [-0.39, 0.29) is 46.4 Å².